The van der Waals surface area contributed by atoms with Gasteiger partial charge in [-0.3, -0.25) is 9.59 Å². The average Bonchev–Trinajstić information content (AvgIpc) is 3.12. The molecule has 1 aliphatic heterocycles. The zero-order valence-electron chi connectivity index (χ0n) is 16.1. The maximum absolute atomic E-state index is 13.2. The highest BCUT2D eigenvalue weighted by Crippen LogP contribution is 2.26. The van der Waals surface area contributed by atoms with Gasteiger partial charge in [-0.15, -0.1) is 0 Å². The lowest BCUT2D eigenvalue weighted by Crippen LogP contribution is -2.42. The predicted molar refractivity (Wildman–Crippen MR) is 110 cm³/mol. The first-order valence-corrected chi connectivity index (χ1v) is 9.80. The summed E-state index contributed by atoms with van der Waals surface area (Å²) in [6.45, 7) is 1.97. The van der Waals surface area contributed by atoms with Crippen molar-refractivity contribution in [3.8, 4) is 0 Å². The van der Waals surface area contributed by atoms with E-state index in [1.165, 1.54) is 5.56 Å². The zero-order chi connectivity index (χ0) is 19.5. The Balaban J connectivity index is 1.59. The first kappa shape index (κ1) is 18.3. The first-order chi connectivity index (χ1) is 13.7. The van der Waals surface area contributed by atoms with Crippen molar-refractivity contribution in [2.75, 3.05) is 20.1 Å². The second-order valence-corrected chi connectivity index (χ2v) is 7.35. The first-order valence-electron chi connectivity index (χ1n) is 9.80. The summed E-state index contributed by atoms with van der Waals surface area (Å²) in [4.78, 5) is 27.0. The van der Waals surface area contributed by atoms with Gasteiger partial charge in [0.15, 0.2) is 0 Å². The van der Waals surface area contributed by atoms with Crippen LogP contribution in [0.3, 0.4) is 0 Å². The quantitative estimate of drug-likeness (QED) is 0.761. The molecule has 0 saturated carbocycles. The number of carbonyl (C=O) groups excluding carboxylic acids is 2. The number of benzene rings is 2. The number of piperidine rings is 1. The van der Waals surface area contributed by atoms with Crippen molar-refractivity contribution in [1.82, 2.24) is 14.8 Å². The van der Waals surface area contributed by atoms with Crippen molar-refractivity contribution < 1.29 is 9.59 Å². The minimum Gasteiger partial charge on any atom is -0.359 e. The summed E-state index contributed by atoms with van der Waals surface area (Å²) in [7, 11) is 1.67. The van der Waals surface area contributed by atoms with Gasteiger partial charge in [-0.1, -0.05) is 48.5 Å². The number of likely N-dealkylation sites (tertiary alicyclic amines) is 1. The maximum Gasteiger partial charge on any atom is 0.256 e. The smallest absolute Gasteiger partial charge is 0.256 e. The lowest BCUT2D eigenvalue weighted by Gasteiger charge is -2.31. The molecule has 3 aromatic rings. The van der Waals surface area contributed by atoms with Crippen LogP contribution < -0.4 is 5.32 Å². The van der Waals surface area contributed by atoms with Gasteiger partial charge in [0, 0.05) is 49.7 Å². The van der Waals surface area contributed by atoms with Crippen LogP contribution >= 0.6 is 0 Å². The Hall–Kier alpha value is -3.08. The number of rotatable bonds is 4. The Morgan fingerprint density at radius 3 is 2.39 bits per heavy atom. The van der Waals surface area contributed by atoms with E-state index in [0.29, 0.717) is 25.9 Å². The summed E-state index contributed by atoms with van der Waals surface area (Å²) in [5, 5.41) is 3.70. The van der Waals surface area contributed by atoms with Crippen LogP contribution in [0.1, 0.15) is 28.8 Å². The van der Waals surface area contributed by atoms with Gasteiger partial charge in [0.2, 0.25) is 5.91 Å². The van der Waals surface area contributed by atoms with Gasteiger partial charge in [0.1, 0.15) is 0 Å². The van der Waals surface area contributed by atoms with Crippen molar-refractivity contribution in [3.63, 3.8) is 0 Å². The number of fused-ring (bicyclic) bond motifs is 1. The van der Waals surface area contributed by atoms with E-state index in [1.54, 1.807) is 7.05 Å². The fourth-order valence-electron chi connectivity index (χ4n) is 4.05. The Morgan fingerprint density at radius 1 is 1.00 bits per heavy atom. The monoisotopic (exact) mass is 375 g/mol. The molecule has 1 aliphatic rings. The number of hydrogen-bond donors (Lipinski definition) is 1. The van der Waals surface area contributed by atoms with E-state index in [1.807, 2.05) is 47.5 Å². The lowest BCUT2D eigenvalue weighted by atomic mass is 9.95. The highest BCUT2D eigenvalue weighted by molar-refractivity contribution is 6.07. The number of nitrogens with one attached hydrogen (secondary N) is 1. The van der Waals surface area contributed by atoms with E-state index in [-0.39, 0.29) is 17.7 Å². The molecule has 2 heterocycles. The van der Waals surface area contributed by atoms with Crippen molar-refractivity contribution in [2.45, 2.75) is 19.4 Å². The van der Waals surface area contributed by atoms with Crippen LogP contribution in [0.2, 0.25) is 0 Å². The van der Waals surface area contributed by atoms with Gasteiger partial charge >= 0.3 is 0 Å². The molecule has 0 spiro atoms. The van der Waals surface area contributed by atoms with E-state index in [9.17, 15) is 9.59 Å². The second-order valence-electron chi connectivity index (χ2n) is 7.35. The zero-order valence-corrected chi connectivity index (χ0v) is 16.1. The summed E-state index contributed by atoms with van der Waals surface area (Å²) < 4.78 is 2.15. The van der Waals surface area contributed by atoms with Crippen LogP contribution in [0.4, 0.5) is 0 Å². The van der Waals surface area contributed by atoms with Crippen LogP contribution in [-0.4, -0.2) is 41.4 Å². The molecule has 1 saturated heterocycles. The molecule has 0 aliphatic carbocycles. The topological polar surface area (TPSA) is 54.3 Å². The average molecular weight is 375 g/mol. The van der Waals surface area contributed by atoms with Crippen molar-refractivity contribution >= 4 is 22.7 Å². The summed E-state index contributed by atoms with van der Waals surface area (Å²) in [5.41, 5.74) is 3.01. The van der Waals surface area contributed by atoms with Crippen LogP contribution in [0, 0.1) is 5.92 Å². The molecule has 0 atom stereocenters. The van der Waals surface area contributed by atoms with E-state index < -0.39 is 0 Å². The molecule has 1 fully saturated rings. The second kappa shape index (κ2) is 7.89. The molecule has 4 rings (SSSR count). The van der Waals surface area contributed by atoms with E-state index in [2.05, 4.69) is 28.1 Å². The molecule has 1 N–H and O–H groups in total. The number of hydrogen-bond acceptors (Lipinski definition) is 2. The molecule has 5 nitrogen and oxygen atoms in total. The summed E-state index contributed by atoms with van der Waals surface area (Å²) in [5.74, 6) is 0.137. The van der Waals surface area contributed by atoms with Crippen molar-refractivity contribution in [3.05, 3.63) is 71.9 Å². The van der Waals surface area contributed by atoms with E-state index >= 15 is 0 Å². The van der Waals surface area contributed by atoms with E-state index in [0.717, 1.165) is 23.0 Å². The predicted octanol–water partition coefficient (Wildman–Crippen LogP) is 3.29. The van der Waals surface area contributed by atoms with Crippen LogP contribution in [0.5, 0.6) is 0 Å². The fraction of sp³-hybridized carbons (Fsp3) is 0.304. The Kier molecular flexibility index (Phi) is 5.15. The van der Waals surface area contributed by atoms with Gasteiger partial charge in [0.05, 0.1) is 5.56 Å². The normalized spacial score (nSPS) is 15.0. The van der Waals surface area contributed by atoms with Crippen LogP contribution in [-0.2, 0) is 11.3 Å². The fourth-order valence-corrected chi connectivity index (χ4v) is 4.05. The number of aromatic nitrogens is 1. The van der Waals surface area contributed by atoms with Crippen molar-refractivity contribution in [2.24, 2.45) is 5.92 Å². The molecule has 144 valence electrons. The molecule has 1 aromatic heterocycles. The van der Waals surface area contributed by atoms with Gasteiger partial charge in [0.25, 0.3) is 5.91 Å². The molecule has 0 bridgehead atoms. The minimum absolute atomic E-state index is 0.00785. The molecule has 0 unspecified atom stereocenters. The van der Waals surface area contributed by atoms with Crippen LogP contribution in [0.25, 0.3) is 10.9 Å². The number of carbonyl (C=O) groups is 2. The van der Waals surface area contributed by atoms with Gasteiger partial charge in [-0.25, -0.2) is 0 Å². The number of amides is 2. The van der Waals surface area contributed by atoms with Gasteiger partial charge in [-0.05, 0) is 24.5 Å². The Morgan fingerprint density at radius 2 is 1.68 bits per heavy atom. The molecule has 0 radical (unpaired) electrons. The Bertz CT molecular complexity index is 986. The van der Waals surface area contributed by atoms with Gasteiger partial charge in [-0.2, -0.15) is 0 Å². The number of para-hydroxylation sites is 1. The SMILES string of the molecule is CNC(=O)C1CCN(C(=O)c2cn(Cc3ccccc3)c3ccccc23)CC1. The molecule has 5 heteroatoms. The maximum atomic E-state index is 13.2. The molecule has 28 heavy (non-hydrogen) atoms. The number of nitrogens with zero attached hydrogens (tertiary/aromatic N) is 2. The molecule has 2 aromatic carbocycles. The highest BCUT2D eigenvalue weighted by atomic mass is 16.2. The minimum atomic E-state index is 0.00785. The summed E-state index contributed by atoms with van der Waals surface area (Å²) in [6, 6.07) is 18.3. The standard InChI is InChI=1S/C23H25N3O2/c1-24-22(27)18-11-13-25(14-12-18)23(28)20-16-26(15-17-7-3-2-4-8-17)21-10-6-5-9-19(20)21/h2-10,16,18H,11-15H2,1H3,(H,24,27). The largest absolute Gasteiger partial charge is 0.359 e. The van der Waals surface area contributed by atoms with Crippen molar-refractivity contribution in [1.29, 1.82) is 0 Å². The molecular weight excluding hydrogens is 350 g/mol. The molecular formula is C23H25N3O2. The highest BCUT2D eigenvalue weighted by Gasteiger charge is 2.28. The third kappa shape index (κ3) is 3.52. The molecule has 2 amide bonds. The summed E-state index contributed by atoms with van der Waals surface area (Å²) in [6.07, 6.45) is 3.41. The van der Waals surface area contributed by atoms with Gasteiger partial charge < -0.3 is 14.8 Å². The summed E-state index contributed by atoms with van der Waals surface area (Å²) >= 11 is 0. The van der Waals surface area contributed by atoms with Crippen LogP contribution in [0.15, 0.2) is 60.8 Å². The third-order valence-electron chi connectivity index (χ3n) is 5.61. The van der Waals surface area contributed by atoms with E-state index in [4.69, 9.17) is 0 Å². The third-order valence-corrected chi connectivity index (χ3v) is 5.61. The Labute approximate surface area is 165 Å². The lowest BCUT2D eigenvalue weighted by molar-refractivity contribution is -0.125.